The molecule has 212 valence electrons. The Labute approximate surface area is 263 Å². The van der Waals surface area contributed by atoms with Crippen molar-refractivity contribution < 1.29 is 0 Å². The van der Waals surface area contributed by atoms with E-state index >= 15 is 0 Å². The van der Waals surface area contributed by atoms with Crippen molar-refractivity contribution in [2.75, 3.05) is 0 Å². The van der Waals surface area contributed by atoms with E-state index in [1.807, 2.05) is 23.9 Å². The monoisotopic (exact) mass is 595 g/mol. The Hall–Kier alpha value is -5.59. The zero-order valence-corrected chi connectivity index (χ0v) is 24.9. The standard InChI is InChI=1S/C39H25N5S/c1-3-13-24(14-4-1)37-40-38(25-15-5-2-6-16-25)42-39(41-37)44-29-20-10-7-17-26(29)34-31(44)23-33-36-35(34)27-18-8-9-19-28(27)43(36)30-21-11-12-22-32(30)45-33/h1-23,37H,(H,40,41,42). The second-order valence-corrected chi connectivity index (χ2v) is 12.6. The van der Waals surface area contributed by atoms with Gasteiger partial charge in [-0.05, 0) is 35.9 Å². The number of fused-ring (bicyclic) bond motifs is 9. The number of hydrogen-bond donors (Lipinski definition) is 1. The molecule has 5 nitrogen and oxygen atoms in total. The number of rotatable bonds is 2. The maximum Gasteiger partial charge on any atom is 0.234 e. The summed E-state index contributed by atoms with van der Waals surface area (Å²) in [7, 11) is 0. The van der Waals surface area contributed by atoms with E-state index in [1.165, 1.54) is 48.1 Å². The summed E-state index contributed by atoms with van der Waals surface area (Å²) in [5.41, 5.74) is 8.03. The van der Waals surface area contributed by atoms with E-state index in [-0.39, 0.29) is 6.17 Å². The van der Waals surface area contributed by atoms with Gasteiger partial charge in [-0.2, -0.15) is 4.99 Å². The van der Waals surface area contributed by atoms with Gasteiger partial charge in [0.1, 0.15) is 12.0 Å². The molecule has 1 atom stereocenters. The highest BCUT2D eigenvalue weighted by molar-refractivity contribution is 7.99. The van der Waals surface area contributed by atoms with Crippen molar-refractivity contribution in [1.29, 1.82) is 0 Å². The summed E-state index contributed by atoms with van der Waals surface area (Å²) in [6.45, 7) is 0. The van der Waals surface area contributed by atoms with Crippen LogP contribution in [0.4, 0.5) is 0 Å². The van der Waals surface area contributed by atoms with Crippen LogP contribution in [0.2, 0.25) is 0 Å². The number of aromatic nitrogens is 2. The summed E-state index contributed by atoms with van der Waals surface area (Å²) in [6.07, 6.45) is -0.282. The Morgan fingerprint density at radius 1 is 0.578 bits per heavy atom. The summed E-state index contributed by atoms with van der Waals surface area (Å²) >= 11 is 1.84. The Bertz CT molecular complexity index is 2540. The molecule has 10 rings (SSSR count). The lowest BCUT2D eigenvalue weighted by Gasteiger charge is -2.24. The molecule has 2 aliphatic heterocycles. The zero-order chi connectivity index (χ0) is 29.5. The summed E-state index contributed by atoms with van der Waals surface area (Å²) < 4.78 is 4.73. The molecule has 0 spiro atoms. The molecule has 4 heterocycles. The molecule has 0 saturated heterocycles. The van der Waals surface area contributed by atoms with Crippen LogP contribution in [0.1, 0.15) is 17.3 Å². The van der Waals surface area contributed by atoms with Gasteiger partial charge in [0.25, 0.3) is 0 Å². The molecule has 0 saturated carbocycles. The van der Waals surface area contributed by atoms with E-state index in [0.717, 1.165) is 28.0 Å². The molecule has 8 aromatic rings. The predicted molar refractivity (Wildman–Crippen MR) is 186 cm³/mol. The molecule has 2 aliphatic rings. The minimum Gasteiger partial charge on any atom is -0.344 e. The molecule has 2 aromatic heterocycles. The minimum absolute atomic E-state index is 0.282. The van der Waals surface area contributed by atoms with Gasteiger partial charge in [-0.15, -0.1) is 0 Å². The molecule has 6 heteroatoms. The van der Waals surface area contributed by atoms with E-state index in [9.17, 15) is 0 Å². The van der Waals surface area contributed by atoms with E-state index in [2.05, 4.69) is 142 Å². The third kappa shape index (κ3) is 3.57. The van der Waals surface area contributed by atoms with Crippen LogP contribution >= 0.6 is 11.8 Å². The second-order valence-electron chi connectivity index (χ2n) is 11.5. The smallest absolute Gasteiger partial charge is 0.234 e. The fourth-order valence-corrected chi connectivity index (χ4v) is 8.16. The molecular weight excluding hydrogens is 571 g/mol. The Morgan fingerprint density at radius 3 is 2.02 bits per heavy atom. The molecule has 45 heavy (non-hydrogen) atoms. The van der Waals surface area contributed by atoms with Gasteiger partial charge in [0.15, 0.2) is 0 Å². The summed E-state index contributed by atoms with van der Waals surface area (Å²) in [5, 5.41) is 8.57. The first-order valence-corrected chi connectivity index (χ1v) is 16.0. The Balaban J connectivity index is 1.34. The van der Waals surface area contributed by atoms with Gasteiger partial charge in [-0.1, -0.05) is 121 Å². The Morgan fingerprint density at radius 2 is 1.22 bits per heavy atom. The van der Waals surface area contributed by atoms with Crippen LogP contribution in [-0.2, 0) is 0 Å². The van der Waals surface area contributed by atoms with Crippen LogP contribution in [0.15, 0.2) is 159 Å². The summed E-state index contributed by atoms with van der Waals surface area (Å²) in [5.74, 6) is 1.48. The van der Waals surface area contributed by atoms with Gasteiger partial charge >= 0.3 is 0 Å². The lowest BCUT2D eigenvalue weighted by molar-refractivity contribution is 0.668. The number of nitrogens with one attached hydrogen (secondary N) is 1. The Kier molecular flexibility index (Phi) is 5.21. The molecule has 0 amide bonds. The van der Waals surface area contributed by atoms with Crippen LogP contribution in [0.3, 0.4) is 0 Å². The molecule has 0 aliphatic carbocycles. The molecule has 1 N–H and O–H groups in total. The summed E-state index contributed by atoms with van der Waals surface area (Å²) in [6, 6.07) is 49.3. The van der Waals surface area contributed by atoms with Gasteiger partial charge in [-0.3, -0.25) is 4.57 Å². The molecule has 0 bridgehead atoms. The number of benzene rings is 6. The van der Waals surface area contributed by atoms with Gasteiger partial charge in [0.2, 0.25) is 5.96 Å². The average Bonchev–Trinajstić information content (AvgIpc) is 3.63. The molecule has 1 unspecified atom stereocenters. The number of amidine groups is 1. The lowest BCUT2D eigenvalue weighted by Crippen LogP contribution is -2.35. The third-order valence-electron chi connectivity index (χ3n) is 8.96. The predicted octanol–water partition coefficient (Wildman–Crippen LogP) is 9.31. The highest BCUT2D eigenvalue weighted by Gasteiger charge is 2.29. The molecule has 0 radical (unpaired) electrons. The van der Waals surface area contributed by atoms with Crippen molar-refractivity contribution in [2.24, 2.45) is 9.98 Å². The van der Waals surface area contributed by atoms with Crippen molar-refractivity contribution >= 4 is 67.2 Å². The fourth-order valence-electron chi connectivity index (χ4n) is 7.05. The van der Waals surface area contributed by atoms with Crippen molar-refractivity contribution in [3.05, 3.63) is 151 Å². The lowest BCUT2D eigenvalue weighted by atomic mass is 10.1. The minimum atomic E-state index is -0.282. The van der Waals surface area contributed by atoms with E-state index in [4.69, 9.17) is 9.98 Å². The van der Waals surface area contributed by atoms with Gasteiger partial charge in [-0.25, -0.2) is 4.99 Å². The van der Waals surface area contributed by atoms with Crippen LogP contribution in [0, 0.1) is 0 Å². The highest BCUT2D eigenvalue weighted by atomic mass is 32.2. The van der Waals surface area contributed by atoms with Crippen LogP contribution < -0.4 is 5.32 Å². The zero-order valence-electron chi connectivity index (χ0n) is 24.1. The van der Waals surface area contributed by atoms with Crippen molar-refractivity contribution in [3.8, 4) is 5.69 Å². The quantitative estimate of drug-likeness (QED) is 0.216. The molecule has 0 fully saturated rings. The second kappa shape index (κ2) is 9.45. The van der Waals surface area contributed by atoms with E-state index in [1.54, 1.807) is 0 Å². The van der Waals surface area contributed by atoms with Crippen molar-refractivity contribution in [3.63, 3.8) is 0 Å². The largest absolute Gasteiger partial charge is 0.344 e. The first kappa shape index (κ1) is 24.8. The normalized spacial score (nSPS) is 15.7. The number of hydrogen-bond acceptors (Lipinski definition) is 4. The third-order valence-corrected chi connectivity index (χ3v) is 10.1. The average molecular weight is 596 g/mol. The maximum absolute atomic E-state index is 5.29. The highest BCUT2D eigenvalue weighted by Crippen LogP contribution is 2.50. The van der Waals surface area contributed by atoms with Crippen LogP contribution in [-0.4, -0.2) is 20.9 Å². The number of aliphatic imine (C=N–C) groups is 2. The number of nitrogens with zero attached hydrogens (tertiary/aromatic N) is 4. The SMILES string of the molecule is c1ccc(C2=NC(n3c4ccccc4c4c5c6ccccc6n6c5c(cc43)Sc3ccccc3-6)=NC(c3ccccc3)N2)cc1. The first-order chi connectivity index (χ1) is 22.3. The van der Waals surface area contributed by atoms with Crippen LogP contribution in [0.25, 0.3) is 49.3 Å². The topological polar surface area (TPSA) is 46.6 Å². The molecular formula is C39H25N5S. The number of para-hydroxylation sites is 3. The molecule has 6 aromatic carbocycles. The summed E-state index contributed by atoms with van der Waals surface area (Å²) in [4.78, 5) is 13.0. The van der Waals surface area contributed by atoms with Gasteiger partial charge < -0.3 is 9.88 Å². The van der Waals surface area contributed by atoms with Gasteiger partial charge in [0.05, 0.1) is 27.8 Å². The van der Waals surface area contributed by atoms with Gasteiger partial charge in [0, 0.05) is 36.9 Å². The fraction of sp³-hybridized carbons (Fsp3) is 0.0256. The maximum atomic E-state index is 5.29. The van der Waals surface area contributed by atoms with E-state index in [0.29, 0.717) is 5.96 Å². The first-order valence-electron chi connectivity index (χ1n) is 15.1. The van der Waals surface area contributed by atoms with Crippen molar-refractivity contribution in [2.45, 2.75) is 16.0 Å². The van der Waals surface area contributed by atoms with E-state index < -0.39 is 0 Å². The van der Waals surface area contributed by atoms with Crippen molar-refractivity contribution in [1.82, 2.24) is 14.5 Å². The van der Waals surface area contributed by atoms with Crippen LogP contribution in [0.5, 0.6) is 0 Å².